The Balaban J connectivity index is 0.000000631. The number of esters is 1. The Morgan fingerprint density at radius 1 is 1.50 bits per heavy atom. The standard InChI is InChI=1S/C10H15NO3.C2H4O2/c1-2-4-10(13)14-8-7-11-6-3-5-9(11)12;1-4-2-3/h2,4H,3,5-8H2,1H3;2H,1H3/b4-2-;. The minimum absolute atomic E-state index is 0.159. The maximum Gasteiger partial charge on any atom is 0.330 e. The fraction of sp³-hybridized carbons (Fsp3) is 0.583. The van der Waals surface area contributed by atoms with Crippen LogP contribution in [0.1, 0.15) is 19.8 Å². The van der Waals surface area contributed by atoms with Gasteiger partial charge in [-0.05, 0) is 13.3 Å². The Labute approximate surface area is 107 Å². The molecule has 0 bridgehead atoms. The first-order chi connectivity index (χ1) is 8.65. The van der Waals surface area contributed by atoms with E-state index in [-0.39, 0.29) is 18.5 Å². The summed E-state index contributed by atoms with van der Waals surface area (Å²) in [6.07, 6.45) is 4.54. The Morgan fingerprint density at radius 3 is 2.61 bits per heavy atom. The lowest BCUT2D eigenvalue weighted by atomic mass is 10.4. The number of amides is 1. The molecule has 0 radical (unpaired) electrons. The van der Waals surface area contributed by atoms with Crippen molar-refractivity contribution in [1.82, 2.24) is 4.90 Å². The van der Waals surface area contributed by atoms with E-state index in [1.54, 1.807) is 17.9 Å². The van der Waals surface area contributed by atoms with Crippen molar-refractivity contribution in [3.8, 4) is 0 Å². The summed E-state index contributed by atoms with van der Waals surface area (Å²) in [7, 11) is 1.31. The number of carbonyl (C=O) groups excluding carboxylic acids is 3. The zero-order valence-electron chi connectivity index (χ0n) is 10.8. The summed E-state index contributed by atoms with van der Waals surface area (Å²) in [5, 5.41) is 0. The molecule has 1 aliphatic heterocycles. The number of nitrogens with zero attached hydrogens (tertiary/aromatic N) is 1. The number of hydrogen-bond acceptors (Lipinski definition) is 5. The number of methoxy groups -OCH3 is 1. The van der Waals surface area contributed by atoms with Crippen molar-refractivity contribution in [3.63, 3.8) is 0 Å². The van der Waals surface area contributed by atoms with E-state index in [0.29, 0.717) is 19.4 Å². The van der Waals surface area contributed by atoms with Crippen molar-refractivity contribution < 1.29 is 23.9 Å². The van der Waals surface area contributed by atoms with Crippen molar-refractivity contribution in [1.29, 1.82) is 0 Å². The third-order valence-electron chi connectivity index (χ3n) is 2.18. The molecule has 0 aliphatic carbocycles. The zero-order valence-corrected chi connectivity index (χ0v) is 10.8. The van der Waals surface area contributed by atoms with Crippen LogP contribution in [0.15, 0.2) is 12.2 Å². The first-order valence-corrected chi connectivity index (χ1v) is 5.69. The fourth-order valence-corrected chi connectivity index (χ4v) is 1.38. The van der Waals surface area contributed by atoms with Gasteiger partial charge in [0.2, 0.25) is 5.91 Å². The van der Waals surface area contributed by atoms with Gasteiger partial charge < -0.3 is 14.4 Å². The molecule has 18 heavy (non-hydrogen) atoms. The minimum atomic E-state index is -0.348. The van der Waals surface area contributed by atoms with Crippen LogP contribution in [-0.4, -0.2) is 50.1 Å². The van der Waals surface area contributed by atoms with Crippen molar-refractivity contribution in [2.24, 2.45) is 0 Å². The number of carbonyl (C=O) groups is 3. The van der Waals surface area contributed by atoms with Gasteiger partial charge in [-0.15, -0.1) is 0 Å². The molecule has 0 saturated carbocycles. The van der Waals surface area contributed by atoms with E-state index >= 15 is 0 Å². The van der Waals surface area contributed by atoms with E-state index in [2.05, 4.69) is 4.74 Å². The number of rotatable bonds is 5. The highest BCUT2D eigenvalue weighted by atomic mass is 16.5. The van der Waals surface area contributed by atoms with Crippen LogP contribution in [0.25, 0.3) is 0 Å². The minimum Gasteiger partial charge on any atom is -0.471 e. The van der Waals surface area contributed by atoms with Gasteiger partial charge in [0.25, 0.3) is 6.47 Å². The van der Waals surface area contributed by atoms with E-state index in [9.17, 15) is 9.59 Å². The Hall–Kier alpha value is -1.85. The Kier molecular flexibility index (Phi) is 9.25. The third-order valence-corrected chi connectivity index (χ3v) is 2.18. The molecule has 6 heteroatoms. The van der Waals surface area contributed by atoms with Gasteiger partial charge in [-0.1, -0.05) is 6.08 Å². The molecule has 0 aromatic carbocycles. The van der Waals surface area contributed by atoms with Crippen molar-refractivity contribution in [2.45, 2.75) is 19.8 Å². The van der Waals surface area contributed by atoms with Crippen molar-refractivity contribution >= 4 is 18.3 Å². The molecule has 1 rings (SSSR count). The SMILES string of the molecule is C/C=C\C(=O)OCCN1CCCC1=O.COC=O. The molecule has 0 aromatic rings. The lowest BCUT2D eigenvalue weighted by Gasteiger charge is -2.14. The molecule has 0 aromatic heterocycles. The Morgan fingerprint density at radius 2 is 2.17 bits per heavy atom. The highest BCUT2D eigenvalue weighted by Gasteiger charge is 2.19. The van der Waals surface area contributed by atoms with Crippen LogP contribution in [0.3, 0.4) is 0 Å². The second-order valence-corrected chi connectivity index (χ2v) is 3.48. The molecule has 1 amide bonds. The summed E-state index contributed by atoms with van der Waals surface area (Å²) in [4.78, 5) is 32.7. The summed E-state index contributed by atoms with van der Waals surface area (Å²) in [6.45, 7) is 3.72. The number of hydrogen-bond donors (Lipinski definition) is 0. The maximum atomic E-state index is 11.1. The molecule has 1 aliphatic rings. The van der Waals surface area contributed by atoms with Crippen LogP contribution >= 0.6 is 0 Å². The van der Waals surface area contributed by atoms with Gasteiger partial charge in [-0.3, -0.25) is 9.59 Å². The lowest BCUT2D eigenvalue weighted by molar-refractivity contribution is -0.140. The first kappa shape index (κ1) is 16.1. The van der Waals surface area contributed by atoms with E-state index < -0.39 is 0 Å². The highest BCUT2D eigenvalue weighted by Crippen LogP contribution is 2.08. The molecule has 102 valence electrons. The van der Waals surface area contributed by atoms with Gasteiger partial charge in [0.1, 0.15) is 6.61 Å². The molecule has 1 fully saturated rings. The summed E-state index contributed by atoms with van der Waals surface area (Å²) in [5.41, 5.74) is 0. The smallest absolute Gasteiger partial charge is 0.330 e. The first-order valence-electron chi connectivity index (χ1n) is 5.69. The van der Waals surface area contributed by atoms with Gasteiger partial charge in [0.05, 0.1) is 13.7 Å². The van der Waals surface area contributed by atoms with Crippen molar-refractivity contribution in [3.05, 3.63) is 12.2 Å². The predicted octanol–water partition coefficient (Wildman–Crippen LogP) is 0.517. The summed E-state index contributed by atoms with van der Waals surface area (Å²) in [6, 6.07) is 0. The molecule has 1 heterocycles. The maximum absolute atomic E-state index is 11.1. The number of likely N-dealkylation sites (tertiary alicyclic amines) is 1. The largest absolute Gasteiger partial charge is 0.471 e. The Bertz CT molecular complexity index is 301. The van der Waals surface area contributed by atoms with Crippen LogP contribution < -0.4 is 0 Å². The molecule has 6 nitrogen and oxygen atoms in total. The highest BCUT2D eigenvalue weighted by molar-refractivity contribution is 5.81. The number of allylic oxidation sites excluding steroid dienone is 1. The second kappa shape index (κ2) is 10.3. The number of ether oxygens (including phenoxy) is 2. The van der Waals surface area contributed by atoms with Crippen LogP contribution in [0.2, 0.25) is 0 Å². The molecule has 0 atom stereocenters. The van der Waals surface area contributed by atoms with Gasteiger partial charge in [-0.25, -0.2) is 4.79 Å². The van der Waals surface area contributed by atoms with Gasteiger partial charge in [-0.2, -0.15) is 0 Å². The van der Waals surface area contributed by atoms with Gasteiger partial charge >= 0.3 is 5.97 Å². The zero-order chi connectivity index (χ0) is 13.8. The summed E-state index contributed by atoms with van der Waals surface area (Å²) in [5.74, 6) is -0.189. The summed E-state index contributed by atoms with van der Waals surface area (Å²) < 4.78 is 8.73. The molecule has 0 spiro atoms. The molecule has 0 unspecified atom stereocenters. The normalized spacial score (nSPS) is 14.1. The van der Waals surface area contributed by atoms with Gasteiger partial charge in [0, 0.05) is 19.0 Å². The van der Waals surface area contributed by atoms with E-state index in [1.165, 1.54) is 13.2 Å². The average molecular weight is 257 g/mol. The van der Waals surface area contributed by atoms with Crippen LogP contribution in [0.4, 0.5) is 0 Å². The quantitative estimate of drug-likeness (QED) is 0.408. The second-order valence-electron chi connectivity index (χ2n) is 3.48. The van der Waals surface area contributed by atoms with E-state index in [1.807, 2.05) is 0 Å². The van der Waals surface area contributed by atoms with Crippen LogP contribution in [-0.2, 0) is 23.9 Å². The molecule has 0 N–H and O–H groups in total. The topological polar surface area (TPSA) is 72.9 Å². The monoisotopic (exact) mass is 257 g/mol. The van der Waals surface area contributed by atoms with Crippen LogP contribution in [0.5, 0.6) is 0 Å². The third kappa shape index (κ3) is 7.43. The summed E-state index contributed by atoms with van der Waals surface area (Å²) >= 11 is 0. The molecular formula is C12H19NO5. The fourth-order valence-electron chi connectivity index (χ4n) is 1.38. The van der Waals surface area contributed by atoms with Crippen molar-refractivity contribution in [2.75, 3.05) is 26.8 Å². The molecular weight excluding hydrogens is 238 g/mol. The van der Waals surface area contributed by atoms with E-state index in [4.69, 9.17) is 9.53 Å². The van der Waals surface area contributed by atoms with Crippen LogP contribution in [0, 0.1) is 0 Å². The van der Waals surface area contributed by atoms with Gasteiger partial charge in [0.15, 0.2) is 0 Å². The molecule has 1 saturated heterocycles. The average Bonchev–Trinajstić information content (AvgIpc) is 2.76. The lowest BCUT2D eigenvalue weighted by Crippen LogP contribution is -2.29. The predicted molar refractivity (Wildman–Crippen MR) is 64.7 cm³/mol. The van der Waals surface area contributed by atoms with E-state index in [0.717, 1.165) is 13.0 Å².